The Labute approximate surface area is 106 Å². The van der Waals surface area contributed by atoms with Crippen molar-refractivity contribution < 1.29 is 15.3 Å². The first-order valence-corrected chi connectivity index (χ1v) is 7.10. The summed E-state index contributed by atoms with van der Waals surface area (Å²) in [7, 11) is 0. The highest BCUT2D eigenvalue weighted by atomic mass is 16.3. The van der Waals surface area contributed by atoms with Crippen LogP contribution >= 0.6 is 0 Å². The fraction of sp³-hybridized carbons (Fsp3) is 1.00. The molecule has 0 aliphatic carbocycles. The van der Waals surface area contributed by atoms with E-state index in [0.717, 1.165) is 25.7 Å². The van der Waals surface area contributed by atoms with Gasteiger partial charge in [-0.05, 0) is 25.7 Å². The molecule has 3 heteroatoms. The van der Waals surface area contributed by atoms with Crippen molar-refractivity contribution in [3.8, 4) is 0 Å². The average molecular weight is 246 g/mol. The van der Waals surface area contributed by atoms with Crippen molar-refractivity contribution in [2.45, 2.75) is 84.0 Å². The van der Waals surface area contributed by atoms with Crippen molar-refractivity contribution in [1.82, 2.24) is 0 Å². The summed E-state index contributed by atoms with van der Waals surface area (Å²) in [5.74, 6) is -0.188. The second-order valence-corrected chi connectivity index (χ2v) is 5.03. The molecule has 3 nitrogen and oxygen atoms in total. The minimum atomic E-state index is -0.507. The molecule has 0 aliphatic rings. The molecular weight excluding hydrogens is 216 g/mol. The maximum absolute atomic E-state index is 10.0. The summed E-state index contributed by atoms with van der Waals surface area (Å²) >= 11 is 0. The summed E-state index contributed by atoms with van der Waals surface area (Å²) in [4.78, 5) is 0. The molecule has 0 radical (unpaired) electrons. The third-order valence-corrected chi connectivity index (χ3v) is 3.43. The summed E-state index contributed by atoms with van der Waals surface area (Å²) in [5, 5.41) is 29.8. The topological polar surface area (TPSA) is 60.7 Å². The molecule has 4 atom stereocenters. The smallest absolute Gasteiger partial charge is 0.0593 e. The lowest BCUT2D eigenvalue weighted by atomic mass is 9.85. The molecule has 4 unspecified atom stereocenters. The minimum absolute atomic E-state index is 0.188. The van der Waals surface area contributed by atoms with Gasteiger partial charge in [-0.2, -0.15) is 0 Å². The van der Waals surface area contributed by atoms with Crippen molar-refractivity contribution >= 4 is 0 Å². The van der Waals surface area contributed by atoms with Gasteiger partial charge in [-0.3, -0.25) is 0 Å². The zero-order valence-electron chi connectivity index (χ0n) is 11.6. The third-order valence-electron chi connectivity index (χ3n) is 3.43. The van der Waals surface area contributed by atoms with Crippen molar-refractivity contribution in [2.24, 2.45) is 5.92 Å². The Morgan fingerprint density at radius 3 is 1.94 bits per heavy atom. The maximum atomic E-state index is 10.0. The van der Waals surface area contributed by atoms with Gasteiger partial charge < -0.3 is 15.3 Å². The fourth-order valence-electron chi connectivity index (χ4n) is 2.25. The van der Waals surface area contributed by atoms with Crippen LogP contribution in [-0.4, -0.2) is 33.6 Å². The summed E-state index contributed by atoms with van der Waals surface area (Å²) < 4.78 is 0. The molecule has 0 heterocycles. The van der Waals surface area contributed by atoms with Gasteiger partial charge in [0.05, 0.1) is 18.3 Å². The normalized spacial score (nSPS) is 18.7. The molecule has 0 saturated heterocycles. The molecule has 0 saturated carbocycles. The average Bonchev–Trinajstić information content (AvgIpc) is 2.32. The standard InChI is InChI=1S/C14H30O3/c1-4-7-9-11(15)10-12(13(16)6-3)14(17)8-5-2/h11-17H,4-10H2,1-3H3. The van der Waals surface area contributed by atoms with Gasteiger partial charge >= 0.3 is 0 Å². The van der Waals surface area contributed by atoms with E-state index in [9.17, 15) is 15.3 Å². The van der Waals surface area contributed by atoms with E-state index < -0.39 is 18.3 Å². The summed E-state index contributed by atoms with van der Waals surface area (Å²) in [5.41, 5.74) is 0. The second-order valence-electron chi connectivity index (χ2n) is 5.03. The minimum Gasteiger partial charge on any atom is -0.393 e. The SMILES string of the molecule is CCCCC(O)CC(C(O)CC)C(O)CCC. The zero-order chi connectivity index (χ0) is 13.3. The van der Waals surface area contributed by atoms with Gasteiger partial charge in [0.1, 0.15) is 0 Å². The Hall–Kier alpha value is -0.120. The number of unbranched alkanes of at least 4 members (excludes halogenated alkanes) is 1. The van der Waals surface area contributed by atoms with Gasteiger partial charge in [0.2, 0.25) is 0 Å². The zero-order valence-corrected chi connectivity index (χ0v) is 11.6. The van der Waals surface area contributed by atoms with E-state index in [0.29, 0.717) is 19.3 Å². The summed E-state index contributed by atoms with van der Waals surface area (Å²) in [6.45, 7) is 6.03. The Balaban J connectivity index is 4.26. The summed E-state index contributed by atoms with van der Waals surface area (Å²) in [6.07, 6.45) is 4.17. The highest BCUT2D eigenvalue weighted by molar-refractivity contribution is 4.78. The molecule has 0 aromatic heterocycles. The van der Waals surface area contributed by atoms with Crippen LogP contribution in [0.15, 0.2) is 0 Å². The molecule has 0 aliphatic heterocycles. The Bertz CT molecular complexity index is 173. The highest BCUT2D eigenvalue weighted by Crippen LogP contribution is 2.23. The Kier molecular flexibility index (Phi) is 9.79. The van der Waals surface area contributed by atoms with Crippen molar-refractivity contribution in [2.75, 3.05) is 0 Å². The Morgan fingerprint density at radius 1 is 0.824 bits per heavy atom. The van der Waals surface area contributed by atoms with Crippen LogP contribution in [0, 0.1) is 5.92 Å². The molecule has 0 rings (SSSR count). The van der Waals surface area contributed by atoms with Crippen LogP contribution in [0.4, 0.5) is 0 Å². The molecule has 104 valence electrons. The maximum Gasteiger partial charge on any atom is 0.0593 e. The lowest BCUT2D eigenvalue weighted by Gasteiger charge is -2.28. The monoisotopic (exact) mass is 246 g/mol. The van der Waals surface area contributed by atoms with E-state index >= 15 is 0 Å². The highest BCUT2D eigenvalue weighted by Gasteiger charge is 2.27. The number of hydrogen-bond acceptors (Lipinski definition) is 3. The lowest BCUT2D eigenvalue weighted by molar-refractivity contribution is -0.0211. The molecule has 0 aromatic carbocycles. The van der Waals surface area contributed by atoms with E-state index in [4.69, 9.17) is 0 Å². The van der Waals surface area contributed by atoms with Crippen LogP contribution in [-0.2, 0) is 0 Å². The molecule has 0 aromatic rings. The third kappa shape index (κ3) is 7.02. The molecule has 0 amide bonds. The molecule has 3 N–H and O–H groups in total. The molecule has 17 heavy (non-hydrogen) atoms. The number of aliphatic hydroxyl groups is 3. The van der Waals surface area contributed by atoms with Gasteiger partial charge in [-0.15, -0.1) is 0 Å². The van der Waals surface area contributed by atoms with Gasteiger partial charge in [0.15, 0.2) is 0 Å². The van der Waals surface area contributed by atoms with Crippen molar-refractivity contribution in [3.63, 3.8) is 0 Å². The van der Waals surface area contributed by atoms with Crippen LogP contribution < -0.4 is 0 Å². The quantitative estimate of drug-likeness (QED) is 0.555. The number of hydrogen-bond donors (Lipinski definition) is 3. The molecular formula is C14H30O3. The molecule has 0 spiro atoms. The van der Waals surface area contributed by atoms with E-state index in [2.05, 4.69) is 6.92 Å². The first kappa shape index (κ1) is 16.9. The summed E-state index contributed by atoms with van der Waals surface area (Å²) in [6, 6.07) is 0. The van der Waals surface area contributed by atoms with E-state index in [1.165, 1.54) is 0 Å². The molecule has 0 bridgehead atoms. The van der Waals surface area contributed by atoms with Crippen LogP contribution in [0.2, 0.25) is 0 Å². The number of aliphatic hydroxyl groups excluding tert-OH is 3. The van der Waals surface area contributed by atoms with Crippen LogP contribution in [0.3, 0.4) is 0 Å². The largest absolute Gasteiger partial charge is 0.393 e. The van der Waals surface area contributed by atoms with Crippen LogP contribution in [0.1, 0.15) is 65.7 Å². The Morgan fingerprint density at radius 2 is 1.47 bits per heavy atom. The van der Waals surface area contributed by atoms with Gasteiger partial charge in [-0.25, -0.2) is 0 Å². The van der Waals surface area contributed by atoms with E-state index in [1.807, 2.05) is 13.8 Å². The first-order valence-electron chi connectivity index (χ1n) is 7.10. The fourth-order valence-corrected chi connectivity index (χ4v) is 2.25. The second kappa shape index (κ2) is 9.86. The first-order chi connectivity index (χ1) is 8.06. The molecule has 0 fully saturated rings. The van der Waals surface area contributed by atoms with Crippen LogP contribution in [0.5, 0.6) is 0 Å². The van der Waals surface area contributed by atoms with E-state index in [-0.39, 0.29) is 5.92 Å². The van der Waals surface area contributed by atoms with Gasteiger partial charge in [0.25, 0.3) is 0 Å². The van der Waals surface area contributed by atoms with Gasteiger partial charge in [-0.1, -0.05) is 40.0 Å². The van der Waals surface area contributed by atoms with Crippen molar-refractivity contribution in [1.29, 1.82) is 0 Å². The number of rotatable bonds is 10. The van der Waals surface area contributed by atoms with Crippen molar-refractivity contribution in [3.05, 3.63) is 0 Å². The van der Waals surface area contributed by atoms with E-state index in [1.54, 1.807) is 0 Å². The van der Waals surface area contributed by atoms with Gasteiger partial charge in [0, 0.05) is 5.92 Å². The predicted molar refractivity (Wildman–Crippen MR) is 70.9 cm³/mol. The van der Waals surface area contributed by atoms with Crippen LogP contribution in [0.25, 0.3) is 0 Å². The lowest BCUT2D eigenvalue weighted by Crippen LogP contribution is -2.34. The predicted octanol–water partition coefficient (Wildman–Crippen LogP) is 2.48.